The fourth-order valence-electron chi connectivity index (χ4n) is 2.19. The smallest absolute Gasteiger partial charge is 0.144 e. The van der Waals surface area contributed by atoms with Crippen molar-refractivity contribution >= 4 is 28.7 Å². The number of nitrogen functional groups attached to an aromatic ring is 1. The second-order valence-corrected chi connectivity index (χ2v) is 5.66. The predicted octanol–water partition coefficient (Wildman–Crippen LogP) is 4.17. The SMILES string of the molecule is CO/N=C(\C(C)=N\OCc1c(C)cccc1N)c1ccc(Cl)cc1. The monoisotopic (exact) mass is 345 g/mol. The molecule has 0 saturated heterocycles. The zero-order valence-corrected chi connectivity index (χ0v) is 14.7. The van der Waals surface area contributed by atoms with Gasteiger partial charge < -0.3 is 15.4 Å². The summed E-state index contributed by atoms with van der Waals surface area (Å²) in [6.07, 6.45) is 0. The Labute approximate surface area is 146 Å². The Kier molecular flexibility index (Phi) is 6.21. The third-order valence-electron chi connectivity index (χ3n) is 3.50. The topological polar surface area (TPSA) is 69.2 Å². The van der Waals surface area contributed by atoms with E-state index >= 15 is 0 Å². The van der Waals surface area contributed by atoms with E-state index in [9.17, 15) is 0 Å². The van der Waals surface area contributed by atoms with Gasteiger partial charge in [-0.3, -0.25) is 0 Å². The Morgan fingerprint density at radius 1 is 1.12 bits per heavy atom. The van der Waals surface area contributed by atoms with E-state index in [0.29, 0.717) is 22.1 Å². The first-order chi connectivity index (χ1) is 11.5. The molecule has 0 saturated carbocycles. The lowest BCUT2D eigenvalue weighted by Crippen LogP contribution is -2.13. The van der Waals surface area contributed by atoms with Crippen LogP contribution >= 0.6 is 11.6 Å². The molecular weight excluding hydrogens is 326 g/mol. The highest BCUT2D eigenvalue weighted by atomic mass is 35.5. The molecule has 5 nitrogen and oxygen atoms in total. The lowest BCUT2D eigenvalue weighted by Gasteiger charge is -2.09. The van der Waals surface area contributed by atoms with Gasteiger partial charge in [0.15, 0.2) is 0 Å². The maximum absolute atomic E-state index is 5.97. The van der Waals surface area contributed by atoms with Crippen molar-refractivity contribution in [3.63, 3.8) is 0 Å². The highest BCUT2D eigenvalue weighted by Crippen LogP contribution is 2.17. The van der Waals surface area contributed by atoms with Crippen molar-refractivity contribution in [2.24, 2.45) is 10.3 Å². The summed E-state index contributed by atoms with van der Waals surface area (Å²) in [6.45, 7) is 4.07. The summed E-state index contributed by atoms with van der Waals surface area (Å²) in [7, 11) is 1.48. The van der Waals surface area contributed by atoms with Gasteiger partial charge in [-0.2, -0.15) is 0 Å². The molecule has 0 aliphatic heterocycles. The summed E-state index contributed by atoms with van der Waals surface area (Å²) in [5, 5.41) is 8.81. The summed E-state index contributed by atoms with van der Waals surface area (Å²) < 4.78 is 0. The highest BCUT2D eigenvalue weighted by molar-refractivity contribution is 6.47. The molecule has 126 valence electrons. The van der Waals surface area contributed by atoms with Crippen LogP contribution in [-0.2, 0) is 16.3 Å². The van der Waals surface area contributed by atoms with Gasteiger partial charge in [0, 0.05) is 21.8 Å². The number of hydrogen-bond acceptors (Lipinski definition) is 5. The van der Waals surface area contributed by atoms with E-state index in [4.69, 9.17) is 27.0 Å². The second-order valence-electron chi connectivity index (χ2n) is 5.22. The van der Waals surface area contributed by atoms with Gasteiger partial charge >= 0.3 is 0 Å². The van der Waals surface area contributed by atoms with Crippen LogP contribution in [0.4, 0.5) is 5.69 Å². The van der Waals surface area contributed by atoms with E-state index in [2.05, 4.69) is 10.3 Å². The second kappa shape index (κ2) is 8.36. The third-order valence-corrected chi connectivity index (χ3v) is 3.75. The van der Waals surface area contributed by atoms with Crippen molar-refractivity contribution in [3.8, 4) is 0 Å². The summed E-state index contributed by atoms with van der Waals surface area (Å²) in [5.74, 6) is 0. The van der Waals surface area contributed by atoms with Crippen molar-refractivity contribution in [3.05, 3.63) is 64.2 Å². The maximum atomic E-state index is 5.97. The van der Waals surface area contributed by atoms with E-state index in [1.54, 1.807) is 19.1 Å². The number of nitrogens with zero attached hydrogens (tertiary/aromatic N) is 2. The number of hydrogen-bond donors (Lipinski definition) is 1. The van der Waals surface area contributed by atoms with Crippen molar-refractivity contribution in [2.45, 2.75) is 20.5 Å². The Bertz CT molecular complexity index is 735. The summed E-state index contributed by atoms with van der Waals surface area (Å²) in [4.78, 5) is 10.4. The molecule has 2 rings (SSSR count). The van der Waals surface area contributed by atoms with Crippen LogP contribution < -0.4 is 5.73 Å². The predicted molar refractivity (Wildman–Crippen MR) is 98.5 cm³/mol. The van der Waals surface area contributed by atoms with Crippen LogP contribution in [0.2, 0.25) is 5.02 Å². The molecule has 0 aliphatic rings. The Hall–Kier alpha value is -2.53. The minimum absolute atomic E-state index is 0.288. The van der Waals surface area contributed by atoms with Crippen molar-refractivity contribution in [1.82, 2.24) is 0 Å². The molecule has 0 radical (unpaired) electrons. The molecule has 0 heterocycles. The lowest BCUT2D eigenvalue weighted by atomic mass is 10.1. The minimum atomic E-state index is 0.288. The number of nitrogens with two attached hydrogens (primary N) is 1. The van der Waals surface area contributed by atoms with E-state index < -0.39 is 0 Å². The van der Waals surface area contributed by atoms with Crippen LogP contribution in [-0.4, -0.2) is 18.5 Å². The Morgan fingerprint density at radius 2 is 1.83 bits per heavy atom. The molecule has 6 heteroatoms. The van der Waals surface area contributed by atoms with Crippen LogP contribution in [0.15, 0.2) is 52.8 Å². The first-order valence-corrected chi connectivity index (χ1v) is 7.78. The molecular formula is C18H20ClN3O2. The van der Waals surface area contributed by atoms with Crippen LogP contribution in [0.3, 0.4) is 0 Å². The average molecular weight is 346 g/mol. The van der Waals surface area contributed by atoms with Crippen LogP contribution in [0.25, 0.3) is 0 Å². The van der Waals surface area contributed by atoms with Gasteiger partial charge in [-0.25, -0.2) is 0 Å². The van der Waals surface area contributed by atoms with E-state index in [0.717, 1.165) is 16.7 Å². The molecule has 2 aromatic rings. The van der Waals surface area contributed by atoms with Gasteiger partial charge in [-0.05, 0) is 37.6 Å². The van der Waals surface area contributed by atoms with Crippen LogP contribution in [0.5, 0.6) is 0 Å². The van der Waals surface area contributed by atoms with Gasteiger partial charge in [-0.1, -0.05) is 46.2 Å². The molecule has 0 bridgehead atoms. The van der Waals surface area contributed by atoms with Gasteiger partial charge in [-0.15, -0.1) is 0 Å². The van der Waals surface area contributed by atoms with E-state index in [1.807, 2.05) is 37.3 Å². The molecule has 0 fully saturated rings. The minimum Gasteiger partial charge on any atom is -0.399 e. The number of rotatable bonds is 6. The fraction of sp³-hybridized carbons (Fsp3) is 0.222. The van der Waals surface area contributed by atoms with E-state index in [1.165, 1.54) is 7.11 Å². The quantitative estimate of drug-likeness (QED) is 0.485. The number of oxime groups is 2. The molecule has 2 aromatic carbocycles. The lowest BCUT2D eigenvalue weighted by molar-refractivity contribution is 0.131. The summed E-state index contributed by atoms with van der Waals surface area (Å²) in [5.41, 5.74) is 10.6. The van der Waals surface area contributed by atoms with Gasteiger partial charge in [0.2, 0.25) is 0 Å². The molecule has 0 unspecified atom stereocenters. The number of benzene rings is 2. The molecule has 0 spiro atoms. The van der Waals surface area contributed by atoms with Gasteiger partial charge in [0.25, 0.3) is 0 Å². The Balaban J connectivity index is 2.15. The van der Waals surface area contributed by atoms with Crippen molar-refractivity contribution in [2.75, 3.05) is 12.8 Å². The zero-order chi connectivity index (χ0) is 17.5. The van der Waals surface area contributed by atoms with Crippen LogP contribution in [0.1, 0.15) is 23.6 Å². The summed E-state index contributed by atoms with van der Waals surface area (Å²) >= 11 is 5.92. The van der Waals surface area contributed by atoms with Crippen molar-refractivity contribution < 1.29 is 9.68 Å². The van der Waals surface area contributed by atoms with Gasteiger partial charge in [0.1, 0.15) is 25.1 Å². The average Bonchev–Trinajstić information content (AvgIpc) is 2.56. The molecule has 0 aliphatic carbocycles. The number of anilines is 1. The Morgan fingerprint density at radius 3 is 2.46 bits per heavy atom. The first kappa shape index (κ1) is 17.8. The highest BCUT2D eigenvalue weighted by Gasteiger charge is 2.10. The molecule has 2 N–H and O–H groups in total. The normalized spacial score (nSPS) is 12.2. The maximum Gasteiger partial charge on any atom is 0.144 e. The number of halogens is 1. The molecule has 24 heavy (non-hydrogen) atoms. The van der Waals surface area contributed by atoms with Crippen molar-refractivity contribution in [1.29, 1.82) is 0 Å². The standard InChI is InChI=1S/C18H20ClN3O2/c1-12-5-4-6-17(20)16(12)11-24-21-13(2)18(22-23-3)14-7-9-15(19)10-8-14/h4-10H,11,20H2,1-3H3/b21-13+,22-18+. The van der Waals surface area contributed by atoms with E-state index in [-0.39, 0.29) is 6.61 Å². The molecule has 0 atom stereocenters. The zero-order valence-electron chi connectivity index (χ0n) is 13.9. The van der Waals surface area contributed by atoms with Gasteiger partial charge in [0.05, 0.1) is 0 Å². The largest absolute Gasteiger partial charge is 0.399 e. The summed E-state index contributed by atoms with van der Waals surface area (Å²) in [6, 6.07) is 13.0. The first-order valence-electron chi connectivity index (χ1n) is 7.41. The fourth-order valence-corrected chi connectivity index (χ4v) is 2.31. The molecule has 0 aromatic heterocycles. The third kappa shape index (κ3) is 4.49. The number of aryl methyl sites for hydroxylation is 1. The van der Waals surface area contributed by atoms with Crippen LogP contribution in [0, 0.1) is 6.92 Å². The molecule has 0 amide bonds.